The number of nitrogens with one attached hydrogen (secondary N) is 2. The molecule has 0 radical (unpaired) electrons. The second kappa shape index (κ2) is 38.7. The molecule has 0 aliphatic heterocycles. The van der Waals surface area contributed by atoms with Crippen LogP contribution in [0.15, 0.2) is 48.5 Å². The molecule has 2 aromatic carbocycles. The number of amides is 2. The lowest BCUT2D eigenvalue weighted by atomic mass is 10.0. The van der Waals surface area contributed by atoms with Crippen LogP contribution in [0.25, 0.3) is 21.9 Å². The summed E-state index contributed by atoms with van der Waals surface area (Å²) in [5, 5.41) is 6.75. The number of aryl methyl sites for hydroxylation is 1. The third kappa shape index (κ3) is 26.9. The Morgan fingerprint density at radius 3 is 1.68 bits per heavy atom. The maximum atomic E-state index is 14.1. The molecule has 0 saturated heterocycles. The maximum Gasteiger partial charge on any atom is 0.408 e. The molecule has 4 N–H and O–H groups in total. The molecule has 436 valence electrons. The number of pyridine rings is 1. The number of unbranched alkanes of at least 4 members (excludes halogenated alkanes) is 25. The number of thioether (sulfide) groups is 1. The summed E-state index contributed by atoms with van der Waals surface area (Å²) in [6.45, 7) is 12.4. The van der Waals surface area contributed by atoms with Gasteiger partial charge in [0, 0.05) is 48.4 Å². The van der Waals surface area contributed by atoms with E-state index in [1.54, 1.807) is 20.8 Å². The van der Waals surface area contributed by atoms with Crippen LogP contribution in [0, 0.1) is 0 Å². The van der Waals surface area contributed by atoms with Crippen molar-refractivity contribution >= 4 is 69.1 Å². The lowest BCUT2D eigenvalue weighted by Gasteiger charge is -2.24. The Morgan fingerprint density at radius 2 is 1.14 bits per heavy atom. The van der Waals surface area contributed by atoms with E-state index in [1.165, 1.54) is 140 Å². The van der Waals surface area contributed by atoms with Crippen LogP contribution in [0.1, 0.15) is 246 Å². The van der Waals surface area contributed by atoms with Crippen LogP contribution in [-0.4, -0.2) is 74.3 Å². The zero-order valence-corrected chi connectivity index (χ0v) is 50.0. The fourth-order valence-electron chi connectivity index (χ4n) is 9.85. The Morgan fingerprint density at radius 1 is 0.628 bits per heavy atom. The summed E-state index contributed by atoms with van der Waals surface area (Å²) < 4.78 is 19.5. The number of anilines is 2. The van der Waals surface area contributed by atoms with E-state index in [4.69, 9.17) is 24.9 Å². The topological polar surface area (TPSA) is 177 Å². The molecule has 2 amide bonds. The lowest BCUT2D eigenvalue weighted by Crippen LogP contribution is -2.47. The number of fused-ring (bicyclic) bond motifs is 3. The third-order valence-corrected chi connectivity index (χ3v) is 15.5. The largest absolute Gasteiger partial charge is 0.462 e. The number of nitrogens with zero attached hydrogens (tertiary/aromatic N) is 3. The first-order chi connectivity index (χ1) is 37.8. The Bertz CT molecular complexity index is 2310. The number of rotatable bonds is 43. The van der Waals surface area contributed by atoms with Crippen LogP contribution in [-0.2, 0) is 41.6 Å². The normalized spacial score (nSPS) is 12.4. The molecule has 2 atom stereocenters. The molecule has 0 spiro atoms. The van der Waals surface area contributed by atoms with Crippen molar-refractivity contribution in [3.63, 3.8) is 0 Å². The smallest absolute Gasteiger partial charge is 0.408 e. The van der Waals surface area contributed by atoms with Gasteiger partial charge in [0.2, 0.25) is 5.91 Å². The van der Waals surface area contributed by atoms with Gasteiger partial charge in [0.25, 0.3) is 0 Å². The van der Waals surface area contributed by atoms with E-state index in [1.807, 2.05) is 42.5 Å². The lowest BCUT2D eigenvalue weighted by molar-refractivity contribution is -0.157. The van der Waals surface area contributed by atoms with Gasteiger partial charge in [-0.2, -0.15) is 11.8 Å². The number of nitrogens with two attached hydrogens (primary N) is 1. The second-order valence-electron chi connectivity index (χ2n) is 22.6. The zero-order chi connectivity index (χ0) is 56.2. The van der Waals surface area contributed by atoms with Gasteiger partial charge >= 0.3 is 18.0 Å². The molecule has 4 rings (SSSR count). The highest BCUT2D eigenvalue weighted by molar-refractivity contribution is 7.99. The number of nitrogen functional groups attached to an aromatic ring is 1. The Hall–Kier alpha value is -4.85. The molecule has 0 aliphatic rings. The monoisotopic (exact) mass is 1100 g/mol. The van der Waals surface area contributed by atoms with Crippen molar-refractivity contribution in [1.82, 2.24) is 19.9 Å². The quantitative estimate of drug-likeness (QED) is 0.0218. The van der Waals surface area contributed by atoms with Gasteiger partial charge in [-0.1, -0.05) is 212 Å². The number of hydrogen-bond donors (Lipinski definition) is 3. The van der Waals surface area contributed by atoms with Crippen LogP contribution >= 0.6 is 11.8 Å². The maximum absolute atomic E-state index is 14.1. The van der Waals surface area contributed by atoms with E-state index >= 15 is 0 Å². The molecule has 2 aromatic heterocycles. The number of carbonyl (C=O) groups excluding carboxylic acids is 4. The molecule has 0 bridgehead atoms. The first-order valence-electron chi connectivity index (χ1n) is 30.7. The summed E-state index contributed by atoms with van der Waals surface area (Å²) >= 11 is 1.34. The summed E-state index contributed by atoms with van der Waals surface area (Å²) in [6, 6.07) is 14.6. The van der Waals surface area contributed by atoms with Crippen molar-refractivity contribution in [3.05, 3.63) is 59.9 Å². The molecule has 78 heavy (non-hydrogen) atoms. The van der Waals surface area contributed by atoms with Crippen molar-refractivity contribution in [3.8, 4) is 0 Å². The van der Waals surface area contributed by atoms with Gasteiger partial charge in [0.15, 0.2) is 5.82 Å². The molecule has 0 fully saturated rings. The Balaban J connectivity index is 1.34. The van der Waals surface area contributed by atoms with Gasteiger partial charge in [0.1, 0.15) is 35.7 Å². The van der Waals surface area contributed by atoms with E-state index in [9.17, 15) is 19.2 Å². The number of alkyl carbamates (subject to hydrolysis) is 1. The summed E-state index contributed by atoms with van der Waals surface area (Å²) in [5.74, 6) is 0.682. The number of para-hydroxylation sites is 1. The summed E-state index contributed by atoms with van der Waals surface area (Å²) in [6.07, 6.45) is 33.6. The molecule has 14 heteroatoms. The van der Waals surface area contributed by atoms with E-state index in [2.05, 4.69) is 47.0 Å². The fraction of sp³-hybridized carbons (Fsp3) is 0.688. The predicted molar refractivity (Wildman–Crippen MR) is 324 cm³/mol. The first kappa shape index (κ1) is 65.7. The molecule has 1 unspecified atom stereocenters. The molecule has 13 nitrogen and oxygen atoms in total. The number of ether oxygens (including phenoxy) is 3. The minimum atomic E-state index is -1.00. The van der Waals surface area contributed by atoms with E-state index in [0.29, 0.717) is 30.0 Å². The number of esters is 2. The van der Waals surface area contributed by atoms with Gasteiger partial charge in [-0.05, 0) is 63.8 Å². The van der Waals surface area contributed by atoms with Gasteiger partial charge in [-0.15, -0.1) is 0 Å². The standard InChI is InChI=1S/C64H102N6O7S/c1-7-10-13-15-17-19-21-23-25-27-29-31-33-40-57(71)75-47-52(76-58(72)41-34-32-30-28-26-24-22-20-18-16-14-11-8-2)48-78-49-55(68-63(74)77-64(4,5)6)62(73)66-51-44-42-50(43-45-51)46-70-56(39-12-9-3)69-59-60(70)53-37-35-36-38-54(53)67-61(59)65/h35-38,42-45,52,55H,7-34,39-41,46-49H2,1-6H3,(H2,65,67)(H,66,73)(H,68,74)/t52-,55?/m1/s1. The second-order valence-corrected chi connectivity index (χ2v) is 23.7. The number of imidazole rings is 1. The van der Waals surface area contributed by atoms with Crippen molar-refractivity contribution in [2.45, 2.75) is 265 Å². The highest BCUT2D eigenvalue weighted by Gasteiger charge is 2.27. The zero-order valence-electron chi connectivity index (χ0n) is 49.2. The van der Waals surface area contributed by atoms with Crippen LogP contribution in [0.3, 0.4) is 0 Å². The summed E-state index contributed by atoms with van der Waals surface area (Å²) in [7, 11) is 0. The van der Waals surface area contributed by atoms with Crippen LogP contribution in [0.2, 0.25) is 0 Å². The van der Waals surface area contributed by atoms with Crippen LogP contribution in [0.5, 0.6) is 0 Å². The number of benzene rings is 2. The Labute approximate surface area is 474 Å². The van der Waals surface area contributed by atoms with Crippen LogP contribution < -0.4 is 16.4 Å². The summed E-state index contributed by atoms with van der Waals surface area (Å²) in [5.41, 5.74) is 9.69. The third-order valence-electron chi connectivity index (χ3n) is 14.3. The van der Waals surface area contributed by atoms with E-state index < -0.39 is 29.7 Å². The van der Waals surface area contributed by atoms with Crippen molar-refractivity contribution < 1.29 is 33.4 Å². The van der Waals surface area contributed by atoms with Crippen LogP contribution in [0.4, 0.5) is 16.3 Å². The van der Waals surface area contributed by atoms with Crippen molar-refractivity contribution in [1.29, 1.82) is 0 Å². The first-order valence-corrected chi connectivity index (χ1v) is 31.8. The highest BCUT2D eigenvalue weighted by atomic mass is 32.2. The van der Waals surface area contributed by atoms with Gasteiger partial charge < -0.3 is 35.1 Å². The predicted octanol–water partition coefficient (Wildman–Crippen LogP) is 16.5. The van der Waals surface area contributed by atoms with Crippen molar-refractivity contribution in [2.24, 2.45) is 0 Å². The molecule has 0 saturated carbocycles. The molecular formula is C64H102N6O7S. The minimum absolute atomic E-state index is 0.0766. The van der Waals surface area contributed by atoms with E-state index in [0.717, 1.165) is 85.6 Å². The highest BCUT2D eigenvalue weighted by Crippen LogP contribution is 2.30. The molecule has 0 aliphatic carbocycles. The SMILES string of the molecule is CCCCCCCCCCCCCCCC(=O)OC[C@H](CSCC(NC(=O)OC(C)(C)C)C(=O)Nc1ccc(Cn2c(CCCC)nc3c(N)nc4ccccc4c32)cc1)OC(=O)CCCCCCCCCCCCCCC. The summed E-state index contributed by atoms with van der Waals surface area (Å²) in [4.78, 5) is 63.1. The molecule has 2 heterocycles. The number of carbonyl (C=O) groups is 4. The molecular weight excluding hydrogens is 997 g/mol. The van der Waals surface area contributed by atoms with Gasteiger partial charge in [-0.3, -0.25) is 14.4 Å². The Kier molecular flexibility index (Phi) is 32.6. The minimum Gasteiger partial charge on any atom is -0.462 e. The van der Waals surface area contributed by atoms with Gasteiger partial charge in [-0.25, -0.2) is 14.8 Å². The molecule has 4 aromatic rings. The number of hydrogen-bond acceptors (Lipinski definition) is 11. The van der Waals surface area contributed by atoms with Crippen molar-refractivity contribution in [2.75, 3.05) is 29.2 Å². The average molecular weight is 1100 g/mol. The van der Waals surface area contributed by atoms with Gasteiger partial charge in [0.05, 0.1) is 11.0 Å². The fourth-order valence-corrected chi connectivity index (χ4v) is 10.9. The van der Waals surface area contributed by atoms with E-state index in [-0.39, 0.29) is 36.5 Å². The average Bonchev–Trinajstić information content (AvgIpc) is 4.05. The number of aromatic nitrogens is 3.